The number of anilines is 1. The van der Waals surface area contributed by atoms with Gasteiger partial charge in [0.2, 0.25) is 5.91 Å². The lowest BCUT2D eigenvalue weighted by Gasteiger charge is -2.28. The lowest BCUT2D eigenvalue weighted by Crippen LogP contribution is -2.47. The van der Waals surface area contributed by atoms with Crippen molar-refractivity contribution in [1.82, 2.24) is 16.0 Å². The molecule has 1 amide bonds. The SMILES string of the molecule is CCNC(=NCc1ccc(N2CCNC(=O)C2)cc1)NC(C)CCC(C)C. The minimum absolute atomic E-state index is 0.0860. The maximum atomic E-state index is 11.5. The molecule has 0 aliphatic carbocycles. The molecule has 1 aromatic carbocycles. The molecular weight excluding hydrogens is 338 g/mol. The lowest BCUT2D eigenvalue weighted by atomic mass is 10.0. The average Bonchev–Trinajstić information content (AvgIpc) is 2.65. The van der Waals surface area contributed by atoms with Crippen molar-refractivity contribution in [2.24, 2.45) is 10.9 Å². The maximum Gasteiger partial charge on any atom is 0.239 e. The summed E-state index contributed by atoms with van der Waals surface area (Å²) in [4.78, 5) is 18.4. The second-order valence-electron chi connectivity index (χ2n) is 7.65. The molecule has 0 saturated carbocycles. The first-order valence-electron chi connectivity index (χ1n) is 10.1. The quantitative estimate of drug-likeness (QED) is 0.484. The number of hydrogen-bond acceptors (Lipinski definition) is 3. The summed E-state index contributed by atoms with van der Waals surface area (Å²) in [7, 11) is 0. The van der Waals surface area contributed by atoms with Gasteiger partial charge in [0.15, 0.2) is 5.96 Å². The van der Waals surface area contributed by atoms with Gasteiger partial charge in [-0.15, -0.1) is 0 Å². The van der Waals surface area contributed by atoms with E-state index in [1.165, 1.54) is 6.42 Å². The third-order valence-electron chi connectivity index (χ3n) is 4.66. The zero-order valence-electron chi connectivity index (χ0n) is 17.2. The summed E-state index contributed by atoms with van der Waals surface area (Å²) in [5.41, 5.74) is 2.25. The Morgan fingerprint density at radius 3 is 2.59 bits per heavy atom. The molecule has 6 nitrogen and oxygen atoms in total. The molecule has 6 heteroatoms. The van der Waals surface area contributed by atoms with E-state index >= 15 is 0 Å². The van der Waals surface area contributed by atoms with Crippen LogP contribution in [0.3, 0.4) is 0 Å². The molecular formula is C21H35N5O. The van der Waals surface area contributed by atoms with E-state index in [9.17, 15) is 4.79 Å². The summed E-state index contributed by atoms with van der Waals surface area (Å²) in [5, 5.41) is 9.68. The number of carbonyl (C=O) groups is 1. The second-order valence-corrected chi connectivity index (χ2v) is 7.65. The molecule has 150 valence electrons. The Hall–Kier alpha value is -2.24. The average molecular weight is 374 g/mol. The Morgan fingerprint density at radius 2 is 1.96 bits per heavy atom. The van der Waals surface area contributed by atoms with Gasteiger partial charge in [0, 0.05) is 31.4 Å². The zero-order chi connectivity index (χ0) is 19.6. The number of amides is 1. The molecule has 0 spiro atoms. The van der Waals surface area contributed by atoms with Crippen LogP contribution in [0.1, 0.15) is 46.1 Å². The summed E-state index contributed by atoms with van der Waals surface area (Å²) in [6, 6.07) is 8.75. The minimum Gasteiger partial charge on any atom is -0.360 e. The summed E-state index contributed by atoms with van der Waals surface area (Å²) >= 11 is 0. The van der Waals surface area contributed by atoms with Gasteiger partial charge in [-0.1, -0.05) is 26.0 Å². The van der Waals surface area contributed by atoms with Crippen LogP contribution in [0.5, 0.6) is 0 Å². The first kappa shape index (κ1) is 21.1. The minimum atomic E-state index is 0.0860. The summed E-state index contributed by atoms with van der Waals surface area (Å²) in [5.74, 6) is 1.67. The number of carbonyl (C=O) groups excluding carboxylic acids is 1. The molecule has 3 N–H and O–H groups in total. The number of rotatable bonds is 8. The van der Waals surface area contributed by atoms with Crippen molar-refractivity contribution in [3.05, 3.63) is 29.8 Å². The van der Waals surface area contributed by atoms with Gasteiger partial charge < -0.3 is 20.9 Å². The largest absolute Gasteiger partial charge is 0.360 e. The van der Waals surface area contributed by atoms with Crippen molar-refractivity contribution in [2.75, 3.05) is 31.1 Å². The van der Waals surface area contributed by atoms with Gasteiger partial charge in [-0.25, -0.2) is 4.99 Å². The first-order chi connectivity index (χ1) is 13.0. The number of benzene rings is 1. The molecule has 1 saturated heterocycles. The highest BCUT2D eigenvalue weighted by Gasteiger charge is 2.16. The van der Waals surface area contributed by atoms with E-state index in [0.29, 0.717) is 25.7 Å². The maximum absolute atomic E-state index is 11.5. The Morgan fingerprint density at radius 1 is 1.22 bits per heavy atom. The summed E-state index contributed by atoms with van der Waals surface area (Å²) < 4.78 is 0. The highest BCUT2D eigenvalue weighted by atomic mass is 16.2. The monoisotopic (exact) mass is 373 g/mol. The molecule has 0 radical (unpaired) electrons. The molecule has 1 heterocycles. The number of guanidine groups is 1. The molecule has 0 bridgehead atoms. The summed E-state index contributed by atoms with van der Waals surface area (Å²) in [6.07, 6.45) is 2.35. The number of hydrogen-bond donors (Lipinski definition) is 3. The van der Waals surface area contributed by atoms with Crippen molar-refractivity contribution in [2.45, 2.75) is 53.1 Å². The molecule has 1 aromatic rings. The zero-order valence-corrected chi connectivity index (χ0v) is 17.2. The van der Waals surface area contributed by atoms with Crippen LogP contribution >= 0.6 is 0 Å². The van der Waals surface area contributed by atoms with Crippen LogP contribution in [0.2, 0.25) is 0 Å². The van der Waals surface area contributed by atoms with E-state index in [1.54, 1.807) is 0 Å². The molecule has 1 fully saturated rings. The number of nitrogens with one attached hydrogen (secondary N) is 3. The van der Waals surface area contributed by atoms with Crippen molar-refractivity contribution in [3.8, 4) is 0 Å². The molecule has 1 aliphatic heterocycles. The van der Waals surface area contributed by atoms with Gasteiger partial charge in [0.05, 0.1) is 13.1 Å². The van der Waals surface area contributed by atoms with Crippen LogP contribution in [-0.2, 0) is 11.3 Å². The number of aliphatic imine (C=N–C) groups is 1. The molecule has 1 atom stereocenters. The van der Waals surface area contributed by atoms with Crippen molar-refractivity contribution < 1.29 is 4.79 Å². The van der Waals surface area contributed by atoms with E-state index in [-0.39, 0.29) is 5.91 Å². The number of piperazine rings is 1. The van der Waals surface area contributed by atoms with E-state index in [1.807, 2.05) is 0 Å². The van der Waals surface area contributed by atoms with Gasteiger partial charge in [-0.3, -0.25) is 4.79 Å². The van der Waals surface area contributed by atoms with E-state index < -0.39 is 0 Å². The van der Waals surface area contributed by atoms with E-state index in [2.05, 4.69) is 72.8 Å². The third kappa shape index (κ3) is 7.49. The topological polar surface area (TPSA) is 68.8 Å². The van der Waals surface area contributed by atoms with E-state index in [0.717, 1.165) is 42.6 Å². The van der Waals surface area contributed by atoms with Crippen LogP contribution in [-0.4, -0.2) is 44.1 Å². The third-order valence-corrected chi connectivity index (χ3v) is 4.66. The molecule has 2 rings (SSSR count). The van der Waals surface area contributed by atoms with Crippen molar-refractivity contribution in [3.63, 3.8) is 0 Å². The predicted octanol–water partition coefficient (Wildman–Crippen LogP) is 2.50. The van der Waals surface area contributed by atoms with Crippen molar-refractivity contribution >= 4 is 17.6 Å². The van der Waals surface area contributed by atoms with Crippen LogP contribution < -0.4 is 20.9 Å². The molecule has 27 heavy (non-hydrogen) atoms. The van der Waals surface area contributed by atoms with Crippen LogP contribution in [0, 0.1) is 5.92 Å². The van der Waals surface area contributed by atoms with Gasteiger partial charge in [-0.2, -0.15) is 0 Å². The van der Waals surface area contributed by atoms with Crippen LogP contribution in [0.15, 0.2) is 29.3 Å². The predicted molar refractivity (Wildman–Crippen MR) is 113 cm³/mol. The van der Waals surface area contributed by atoms with Crippen LogP contribution in [0.25, 0.3) is 0 Å². The van der Waals surface area contributed by atoms with Gasteiger partial charge >= 0.3 is 0 Å². The van der Waals surface area contributed by atoms with Gasteiger partial charge in [0.25, 0.3) is 0 Å². The van der Waals surface area contributed by atoms with Gasteiger partial charge in [-0.05, 0) is 50.3 Å². The molecule has 1 aliphatic rings. The van der Waals surface area contributed by atoms with E-state index in [4.69, 9.17) is 4.99 Å². The highest BCUT2D eigenvalue weighted by Crippen LogP contribution is 2.16. The fraction of sp³-hybridized carbons (Fsp3) is 0.619. The normalized spacial score (nSPS) is 16.3. The second kappa shape index (κ2) is 10.8. The van der Waals surface area contributed by atoms with Gasteiger partial charge in [0.1, 0.15) is 0 Å². The Kier molecular flexibility index (Phi) is 8.43. The first-order valence-corrected chi connectivity index (χ1v) is 10.1. The summed E-state index contributed by atoms with van der Waals surface area (Å²) in [6.45, 7) is 12.3. The Bertz CT molecular complexity index is 612. The number of nitrogens with zero attached hydrogens (tertiary/aromatic N) is 2. The smallest absolute Gasteiger partial charge is 0.239 e. The Labute approximate surface area is 163 Å². The standard InChI is InChI=1S/C21H35N5O/c1-5-22-21(25-17(4)7-6-16(2)3)24-14-18-8-10-19(11-9-18)26-13-12-23-20(27)15-26/h8-11,16-17H,5-7,12-15H2,1-4H3,(H,23,27)(H2,22,24,25). The molecule has 1 unspecified atom stereocenters. The lowest BCUT2D eigenvalue weighted by molar-refractivity contribution is -0.120. The fourth-order valence-corrected chi connectivity index (χ4v) is 3.05. The fourth-order valence-electron chi connectivity index (χ4n) is 3.05. The highest BCUT2D eigenvalue weighted by molar-refractivity contribution is 5.82. The van der Waals surface area contributed by atoms with Crippen molar-refractivity contribution in [1.29, 1.82) is 0 Å². The molecule has 0 aromatic heterocycles. The van der Waals surface area contributed by atoms with Crippen LogP contribution in [0.4, 0.5) is 5.69 Å². The Balaban J connectivity index is 1.91.